The number of aromatic nitrogens is 3. The molecule has 0 bridgehead atoms. The van der Waals surface area contributed by atoms with Crippen LogP contribution in [0.2, 0.25) is 0 Å². The fourth-order valence-corrected chi connectivity index (χ4v) is 7.52. The Bertz CT molecular complexity index is 3150. The molecule has 0 saturated heterocycles. The molecule has 0 saturated carbocycles. The molecular weight excluding hydrogens is 631 g/mol. The maximum Gasteiger partial charge on any atom is 0.167 e. The predicted molar refractivity (Wildman–Crippen MR) is 203 cm³/mol. The van der Waals surface area contributed by atoms with E-state index in [0.29, 0.717) is 17.5 Å². The first kappa shape index (κ1) is 27.9. The average molecular weight is 656 g/mol. The predicted octanol–water partition coefficient (Wildman–Crippen LogP) is 12.2. The van der Waals surface area contributed by atoms with Gasteiger partial charge in [0, 0.05) is 43.4 Å². The van der Waals surface area contributed by atoms with E-state index in [1.54, 1.807) is 0 Å². The Hall–Kier alpha value is -7.05. The number of furan rings is 3. The standard InChI is InChI=1S/C45H25N3O3/c1-2-12-26(13-3-1)43-46-44(33-19-10-18-30-27-14-4-7-20-34(27)51-42(30)33)48-45(47-43)41-29(24-25-38-40(41)32-16-6-9-22-36(32)50-38)28-17-11-23-37-39(28)31-15-5-8-21-35(31)49-37/h1-25H. The van der Waals surface area contributed by atoms with Gasteiger partial charge in [0.2, 0.25) is 0 Å². The zero-order valence-corrected chi connectivity index (χ0v) is 27.0. The third-order valence-electron chi connectivity index (χ3n) is 9.77. The van der Waals surface area contributed by atoms with Crippen LogP contribution in [0, 0.1) is 0 Å². The molecule has 11 rings (SSSR count). The van der Waals surface area contributed by atoms with E-state index in [-0.39, 0.29) is 0 Å². The molecule has 11 aromatic rings. The number of hydrogen-bond acceptors (Lipinski definition) is 6. The van der Waals surface area contributed by atoms with Crippen LogP contribution in [0.3, 0.4) is 0 Å². The van der Waals surface area contributed by atoms with Gasteiger partial charge in [-0.1, -0.05) is 109 Å². The molecule has 0 aliphatic rings. The van der Waals surface area contributed by atoms with E-state index in [0.717, 1.165) is 93.6 Å². The molecule has 0 aliphatic heterocycles. The van der Waals surface area contributed by atoms with Crippen molar-refractivity contribution in [1.82, 2.24) is 15.0 Å². The van der Waals surface area contributed by atoms with Gasteiger partial charge in [0.15, 0.2) is 17.5 Å². The first-order chi connectivity index (χ1) is 25.3. The van der Waals surface area contributed by atoms with Gasteiger partial charge < -0.3 is 13.3 Å². The van der Waals surface area contributed by atoms with E-state index < -0.39 is 0 Å². The SMILES string of the molecule is c1ccc(-c2nc(-c3cccc4c3oc3ccccc34)nc(-c3c(-c4cccc5oc6ccccc6c45)ccc4oc5ccccc5c34)n2)cc1. The minimum Gasteiger partial charge on any atom is -0.456 e. The van der Waals surface area contributed by atoms with Crippen LogP contribution >= 0.6 is 0 Å². The highest BCUT2D eigenvalue weighted by Crippen LogP contribution is 2.46. The zero-order chi connectivity index (χ0) is 33.5. The van der Waals surface area contributed by atoms with E-state index in [9.17, 15) is 0 Å². The van der Waals surface area contributed by atoms with Gasteiger partial charge >= 0.3 is 0 Å². The largest absolute Gasteiger partial charge is 0.456 e. The molecule has 6 nitrogen and oxygen atoms in total. The minimum atomic E-state index is 0.520. The summed E-state index contributed by atoms with van der Waals surface area (Å²) in [6, 6.07) is 50.9. The van der Waals surface area contributed by atoms with Crippen molar-refractivity contribution in [3.8, 4) is 45.3 Å². The first-order valence-corrected chi connectivity index (χ1v) is 16.9. The summed E-state index contributed by atoms with van der Waals surface area (Å²) in [7, 11) is 0. The van der Waals surface area contributed by atoms with E-state index in [2.05, 4.69) is 36.4 Å². The Kier molecular flexibility index (Phi) is 5.86. The normalized spacial score (nSPS) is 11.9. The Morgan fingerprint density at radius 3 is 1.65 bits per heavy atom. The van der Waals surface area contributed by atoms with Crippen molar-refractivity contribution in [2.75, 3.05) is 0 Å². The van der Waals surface area contributed by atoms with Crippen molar-refractivity contribution in [3.05, 3.63) is 152 Å². The Morgan fingerprint density at radius 1 is 0.314 bits per heavy atom. The van der Waals surface area contributed by atoms with Crippen LogP contribution < -0.4 is 0 Å². The number of nitrogens with zero attached hydrogens (tertiary/aromatic N) is 3. The quantitative estimate of drug-likeness (QED) is 0.188. The van der Waals surface area contributed by atoms with Crippen molar-refractivity contribution in [2.24, 2.45) is 0 Å². The van der Waals surface area contributed by atoms with Gasteiger partial charge in [-0.2, -0.15) is 0 Å². The van der Waals surface area contributed by atoms with Crippen LogP contribution in [0.1, 0.15) is 0 Å². The molecule has 51 heavy (non-hydrogen) atoms. The zero-order valence-electron chi connectivity index (χ0n) is 27.0. The van der Waals surface area contributed by atoms with E-state index >= 15 is 0 Å². The second-order valence-corrected chi connectivity index (χ2v) is 12.7. The number of hydrogen-bond donors (Lipinski definition) is 0. The van der Waals surface area contributed by atoms with Gasteiger partial charge in [0.25, 0.3) is 0 Å². The number of benzene rings is 7. The fourth-order valence-electron chi connectivity index (χ4n) is 7.52. The molecule has 0 unspecified atom stereocenters. The van der Waals surface area contributed by atoms with Crippen molar-refractivity contribution in [1.29, 1.82) is 0 Å². The van der Waals surface area contributed by atoms with E-state index in [1.807, 2.05) is 115 Å². The molecule has 238 valence electrons. The lowest BCUT2D eigenvalue weighted by Gasteiger charge is -2.14. The minimum absolute atomic E-state index is 0.520. The molecule has 0 radical (unpaired) electrons. The third kappa shape index (κ3) is 4.20. The van der Waals surface area contributed by atoms with Crippen LogP contribution in [0.4, 0.5) is 0 Å². The van der Waals surface area contributed by atoms with Gasteiger partial charge in [-0.15, -0.1) is 0 Å². The van der Waals surface area contributed by atoms with Crippen LogP contribution in [0.25, 0.3) is 111 Å². The maximum atomic E-state index is 6.49. The van der Waals surface area contributed by atoms with E-state index in [4.69, 9.17) is 28.2 Å². The molecule has 0 fully saturated rings. The summed E-state index contributed by atoms with van der Waals surface area (Å²) in [5.41, 5.74) is 9.25. The van der Waals surface area contributed by atoms with Crippen molar-refractivity contribution in [3.63, 3.8) is 0 Å². The molecule has 0 aliphatic carbocycles. The van der Waals surface area contributed by atoms with Crippen LogP contribution in [0.15, 0.2) is 165 Å². The lowest BCUT2D eigenvalue weighted by molar-refractivity contribution is 0.668. The molecular formula is C45H25N3O3. The smallest absolute Gasteiger partial charge is 0.167 e. The third-order valence-corrected chi connectivity index (χ3v) is 9.77. The monoisotopic (exact) mass is 655 g/mol. The number of para-hydroxylation sites is 4. The Morgan fingerprint density at radius 2 is 0.863 bits per heavy atom. The van der Waals surface area contributed by atoms with Crippen LogP contribution in [-0.4, -0.2) is 15.0 Å². The first-order valence-electron chi connectivity index (χ1n) is 16.9. The summed E-state index contributed by atoms with van der Waals surface area (Å²) in [6.07, 6.45) is 0. The highest BCUT2D eigenvalue weighted by molar-refractivity contribution is 6.19. The van der Waals surface area contributed by atoms with Crippen molar-refractivity contribution >= 4 is 65.8 Å². The van der Waals surface area contributed by atoms with Gasteiger partial charge in [-0.05, 0) is 53.6 Å². The summed E-state index contributed by atoms with van der Waals surface area (Å²) in [6.45, 7) is 0. The summed E-state index contributed by atoms with van der Waals surface area (Å²) >= 11 is 0. The number of rotatable bonds is 4. The summed E-state index contributed by atoms with van der Waals surface area (Å²) in [5.74, 6) is 1.61. The van der Waals surface area contributed by atoms with Crippen molar-refractivity contribution < 1.29 is 13.3 Å². The second kappa shape index (κ2) is 10.7. The molecule has 4 heterocycles. The van der Waals surface area contributed by atoms with Gasteiger partial charge in [0.05, 0.1) is 5.56 Å². The highest BCUT2D eigenvalue weighted by atomic mass is 16.3. The highest BCUT2D eigenvalue weighted by Gasteiger charge is 2.25. The Labute approximate surface area is 290 Å². The molecule has 7 aromatic carbocycles. The summed E-state index contributed by atoms with van der Waals surface area (Å²) in [4.78, 5) is 15.7. The summed E-state index contributed by atoms with van der Waals surface area (Å²) in [5, 5.41) is 6.05. The van der Waals surface area contributed by atoms with Gasteiger partial charge in [-0.25, -0.2) is 15.0 Å². The molecule has 0 spiro atoms. The lowest BCUT2D eigenvalue weighted by atomic mass is 9.92. The molecule has 0 amide bonds. The maximum absolute atomic E-state index is 6.49. The molecule has 0 atom stereocenters. The molecule has 0 N–H and O–H groups in total. The van der Waals surface area contributed by atoms with Crippen molar-refractivity contribution in [2.45, 2.75) is 0 Å². The van der Waals surface area contributed by atoms with Crippen LogP contribution in [-0.2, 0) is 0 Å². The molecule has 6 heteroatoms. The Balaban J connectivity index is 1.28. The molecule has 4 aromatic heterocycles. The average Bonchev–Trinajstić information content (AvgIpc) is 3.89. The number of fused-ring (bicyclic) bond motifs is 9. The fraction of sp³-hybridized carbons (Fsp3) is 0. The topological polar surface area (TPSA) is 78.1 Å². The summed E-state index contributed by atoms with van der Waals surface area (Å²) < 4.78 is 19.3. The lowest BCUT2D eigenvalue weighted by Crippen LogP contribution is -2.02. The van der Waals surface area contributed by atoms with Crippen LogP contribution in [0.5, 0.6) is 0 Å². The van der Waals surface area contributed by atoms with Gasteiger partial charge in [-0.3, -0.25) is 0 Å². The van der Waals surface area contributed by atoms with Gasteiger partial charge in [0.1, 0.15) is 33.5 Å². The second-order valence-electron chi connectivity index (χ2n) is 12.7. The van der Waals surface area contributed by atoms with E-state index in [1.165, 1.54) is 0 Å².